The van der Waals surface area contributed by atoms with Gasteiger partial charge in [-0.3, -0.25) is 9.37 Å². The van der Waals surface area contributed by atoms with E-state index in [9.17, 15) is 9.18 Å². The second-order valence-corrected chi connectivity index (χ2v) is 3.57. The van der Waals surface area contributed by atoms with E-state index in [0.717, 1.165) is 0 Å². The van der Waals surface area contributed by atoms with Crippen molar-refractivity contribution in [2.45, 2.75) is 13.0 Å². The van der Waals surface area contributed by atoms with E-state index in [-0.39, 0.29) is 18.7 Å². The number of hydrogen-bond donors (Lipinski definition) is 1. The molecule has 0 unspecified atom stereocenters. The molecule has 18 heavy (non-hydrogen) atoms. The lowest BCUT2D eigenvalue weighted by molar-refractivity contribution is 0.0691. The lowest BCUT2D eigenvalue weighted by Crippen LogP contribution is -2.06. The van der Waals surface area contributed by atoms with Crippen molar-refractivity contribution in [1.82, 2.24) is 20.0 Å². The molecule has 7 heteroatoms. The number of halogens is 1. The van der Waals surface area contributed by atoms with Gasteiger partial charge in [0.1, 0.15) is 5.69 Å². The zero-order valence-electron chi connectivity index (χ0n) is 9.45. The lowest BCUT2D eigenvalue weighted by atomic mass is 10.2. The standard InChI is InChI=1S/C11H11FN4O2/c12-5-3-7-16-10(8-4-1-2-6-13-8)9(11(17)18)14-15-16/h1-2,4,6H,3,5,7H2,(H,17,18). The molecule has 0 bridgehead atoms. The molecule has 0 spiro atoms. The van der Waals surface area contributed by atoms with Crippen LogP contribution in [0.4, 0.5) is 4.39 Å². The minimum atomic E-state index is -1.18. The number of aryl methyl sites for hydroxylation is 1. The summed E-state index contributed by atoms with van der Waals surface area (Å²) in [6, 6.07) is 5.12. The Morgan fingerprint density at radius 1 is 1.44 bits per heavy atom. The van der Waals surface area contributed by atoms with Crippen molar-refractivity contribution in [3.8, 4) is 11.4 Å². The molecular formula is C11H11FN4O2. The Morgan fingerprint density at radius 3 is 2.89 bits per heavy atom. The quantitative estimate of drug-likeness (QED) is 0.867. The fourth-order valence-electron chi connectivity index (χ4n) is 1.58. The molecule has 0 saturated carbocycles. The predicted octanol–water partition coefficient (Wildman–Crippen LogP) is 1.40. The highest BCUT2D eigenvalue weighted by Crippen LogP contribution is 2.20. The largest absolute Gasteiger partial charge is 0.476 e. The van der Waals surface area contributed by atoms with E-state index < -0.39 is 12.6 Å². The van der Waals surface area contributed by atoms with Crippen molar-refractivity contribution in [2.24, 2.45) is 0 Å². The first-order chi connectivity index (χ1) is 8.74. The lowest BCUT2D eigenvalue weighted by Gasteiger charge is -2.04. The summed E-state index contributed by atoms with van der Waals surface area (Å²) in [7, 11) is 0. The topological polar surface area (TPSA) is 80.9 Å². The highest BCUT2D eigenvalue weighted by molar-refractivity contribution is 5.92. The summed E-state index contributed by atoms with van der Waals surface area (Å²) in [4.78, 5) is 15.1. The Labute approximate surface area is 102 Å². The van der Waals surface area contributed by atoms with Crippen LogP contribution >= 0.6 is 0 Å². The fourth-order valence-corrected chi connectivity index (χ4v) is 1.58. The number of carboxylic acids is 1. The maximum absolute atomic E-state index is 12.2. The van der Waals surface area contributed by atoms with Crippen LogP contribution in [0, 0.1) is 0 Å². The molecule has 0 aromatic carbocycles. The maximum Gasteiger partial charge on any atom is 0.358 e. The van der Waals surface area contributed by atoms with E-state index in [2.05, 4.69) is 15.3 Å². The van der Waals surface area contributed by atoms with Crippen LogP contribution in [0.1, 0.15) is 16.9 Å². The smallest absolute Gasteiger partial charge is 0.358 e. The van der Waals surface area contributed by atoms with Crippen molar-refractivity contribution in [1.29, 1.82) is 0 Å². The van der Waals surface area contributed by atoms with Crippen LogP contribution in [-0.4, -0.2) is 37.7 Å². The summed E-state index contributed by atoms with van der Waals surface area (Å²) >= 11 is 0. The molecule has 0 aliphatic carbocycles. The number of pyridine rings is 1. The van der Waals surface area contributed by atoms with Crippen LogP contribution in [0.5, 0.6) is 0 Å². The Balaban J connectivity index is 2.47. The molecule has 0 aliphatic heterocycles. The van der Waals surface area contributed by atoms with E-state index >= 15 is 0 Å². The number of nitrogens with zero attached hydrogens (tertiary/aromatic N) is 4. The number of alkyl halides is 1. The Morgan fingerprint density at radius 2 is 2.28 bits per heavy atom. The van der Waals surface area contributed by atoms with Crippen molar-refractivity contribution < 1.29 is 14.3 Å². The van der Waals surface area contributed by atoms with Crippen LogP contribution in [0.15, 0.2) is 24.4 Å². The van der Waals surface area contributed by atoms with Gasteiger partial charge in [0.25, 0.3) is 0 Å². The molecule has 2 rings (SSSR count). The number of aromatic carboxylic acids is 1. The van der Waals surface area contributed by atoms with Gasteiger partial charge < -0.3 is 5.11 Å². The van der Waals surface area contributed by atoms with Crippen molar-refractivity contribution in [3.63, 3.8) is 0 Å². The Bertz CT molecular complexity index is 541. The van der Waals surface area contributed by atoms with E-state index in [1.807, 2.05) is 0 Å². The summed E-state index contributed by atoms with van der Waals surface area (Å²) < 4.78 is 13.6. The molecule has 2 aromatic heterocycles. The van der Waals surface area contributed by atoms with Gasteiger partial charge in [0.2, 0.25) is 0 Å². The normalized spacial score (nSPS) is 10.5. The van der Waals surface area contributed by atoms with Crippen molar-refractivity contribution >= 4 is 5.97 Å². The number of aromatic nitrogens is 4. The highest BCUT2D eigenvalue weighted by Gasteiger charge is 2.20. The molecule has 0 aliphatic rings. The van der Waals surface area contributed by atoms with E-state index in [0.29, 0.717) is 11.4 Å². The van der Waals surface area contributed by atoms with E-state index in [1.54, 1.807) is 24.4 Å². The molecular weight excluding hydrogens is 239 g/mol. The molecule has 94 valence electrons. The third kappa shape index (κ3) is 2.34. The highest BCUT2D eigenvalue weighted by atomic mass is 19.1. The van der Waals surface area contributed by atoms with Crippen LogP contribution < -0.4 is 0 Å². The third-order valence-corrected chi connectivity index (χ3v) is 2.35. The first-order valence-corrected chi connectivity index (χ1v) is 5.38. The Kier molecular flexibility index (Phi) is 3.61. The average molecular weight is 250 g/mol. The minimum Gasteiger partial charge on any atom is -0.476 e. The van der Waals surface area contributed by atoms with Gasteiger partial charge in [-0.25, -0.2) is 9.48 Å². The summed E-state index contributed by atoms with van der Waals surface area (Å²) in [5.74, 6) is -1.18. The molecule has 1 N–H and O–H groups in total. The molecule has 0 saturated heterocycles. The molecule has 0 amide bonds. The van der Waals surface area contributed by atoms with Crippen LogP contribution in [0.2, 0.25) is 0 Å². The average Bonchev–Trinajstić information content (AvgIpc) is 2.81. The van der Waals surface area contributed by atoms with Gasteiger partial charge in [0, 0.05) is 12.7 Å². The number of carboxylic acid groups (broad SMARTS) is 1. The molecule has 0 radical (unpaired) electrons. The summed E-state index contributed by atoms with van der Waals surface area (Å²) in [6.45, 7) is -0.230. The van der Waals surface area contributed by atoms with Crippen LogP contribution in [0.25, 0.3) is 11.4 Å². The second kappa shape index (κ2) is 5.35. The Hall–Kier alpha value is -2.31. The van der Waals surface area contributed by atoms with Crippen LogP contribution in [-0.2, 0) is 6.54 Å². The molecule has 2 aromatic rings. The summed E-state index contributed by atoms with van der Waals surface area (Å²) in [5.41, 5.74) is 0.586. The maximum atomic E-state index is 12.2. The number of hydrogen-bond acceptors (Lipinski definition) is 4. The molecule has 0 fully saturated rings. The van der Waals surface area contributed by atoms with Gasteiger partial charge in [-0.1, -0.05) is 11.3 Å². The first kappa shape index (κ1) is 12.2. The minimum absolute atomic E-state index is 0.174. The van der Waals surface area contributed by atoms with Gasteiger partial charge in [-0.2, -0.15) is 0 Å². The first-order valence-electron chi connectivity index (χ1n) is 5.38. The van der Waals surface area contributed by atoms with Gasteiger partial charge in [0.05, 0.1) is 12.4 Å². The van der Waals surface area contributed by atoms with E-state index in [1.165, 1.54) is 4.68 Å². The van der Waals surface area contributed by atoms with Gasteiger partial charge in [0.15, 0.2) is 5.69 Å². The summed E-state index contributed by atoms with van der Waals surface area (Å²) in [6.07, 6.45) is 1.80. The zero-order valence-corrected chi connectivity index (χ0v) is 9.45. The fraction of sp³-hybridized carbons (Fsp3) is 0.273. The summed E-state index contributed by atoms with van der Waals surface area (Å²) in [5, 5.41) is 16.4. The van der Waals surface area contributed by atoms with Crippen LogP contribution in [0.3, 0.4) is 0 Å². The molecule has 0 atom stereocenters. The zero-order chi connectivity index (χ0) is 13.0. The van der Waals surface area contributed by atoms with Gasteiger partial charge >= 0.3 is 5.97 Å². The van der Waals surface area contributed by atoms with Gasteiger partial charge in [-0.15, -0.1) is 5.10 Å². The second-order valence-electron chi connectivity index (χ2n) is 3.57. The predicted molar refractivity (Wildman–Crippen MR) is 60.8 cm³/mol. The van der Waals surface area contributed by atoms with Crippen molar-refractivity contribution in [2.75, 3.05) is 6.67 Å². The monoisotopic (exact) mass is 250 g/mol. The number of rotatable bonds is 5. The molecule has 2 heterocycles. The SMILES string of the molecule is O=C(O)c1nnn(CCCF)c1-c1ccccn1. The van der Waals surface area contributed by atoms with Crippen molar-refractivity contribution in [3.05, 3.63) is 30.1 Å². The van der Waals surface area contributed by atoms with Gasteiger partial charge in [-0.05, 0) is 18.6 Å². The third-order valence-electron chi connectivity index (χ3n) is 2.35. The number of carbonyl (C=O) groups is 1. The van der Waals surface area contributed by atoms with E-state index in [4.69, 9.17) is 5.11 Å². The molecule has 6 nitrogen and oxygen atoms in total.